The summed E-state index contributed by atoms with van der Waals surface area (Å²) in [6.07, 6.45) is 53.7. The van der Waals surface area contributed by atoms with Crippen molar-refractivity contribution in [3.05, 3.63) is 24.3 Å². The molecule has 0 amide bonds. The molecule has 1 fully saturated rings. The third kappa shape index (κ3) is 22.6. The van der Waals surface area contributed by atoms with E-state index in [-0.39, 0.29) is 0 Å². The van der Waals surface area contributed by atoms with E-state index in [1.54, 1.807) is 0 Å². The third-order valence-corrected chi connectivity index (χ3v) is 10.9. The lowest BCUT2D eigenvalue weighted by molar-refractivity contribution is 0.154. The molecule has 0 bridgehead atoms. The van der Waals surface area contributed by atoms with Crippen LogP contribution in [0.2, 0.25) is 0 Å². The van der Waals surface area contributed by atoms with Gasteiger partial charge in [-0.2, -0.15) is 0 Å². The second kappa shape index (κ2) is 30.1. The van der Waals surface area contributed by atoms with Gasteiger partial charge in [-0.25, -0.2) is 0 Å². The number of hydrogen-bond donors (Lipinski definition) is 0. The molecule has 0 aromatic heterocycles. The Kier molecular flexibility index (Phi) is 28.3. The van der Waals surface area contributed by atoms with Crippen molar-refractivity contribution in [3.8, 4) is 0 Å². The van der Waals surface area contributed by atoms with Crippen molar-refractivity contribution in [1.82, 2.24) is 4.90 Å². The van der Waals surface area contributed by atoms with Crippen LogP contribution in [0.5, 0.6) is 0 Å². The van der Waals surface area contributed by atoms with Crippen LogP contribution in [0.3, 0.4) is 0 Å². The van der Waals surface area contributed by atoms with Crippen LogP contribution in [0, 0.1) is 5.41 Å². The van der Waals surface area contributed by atoms with Gasteiger partial charge in [0.15, 0.2) is 0 Å². The first-order chi connectivity index (χ1) is 21.2. The van der Waals surface area contributed by atoms with Gasteiger partial charge in [0.05, 0.1) is 0 Å². The average Bonchev–Trinajstić information content (AvgIpc) is 3.29. The number of allylic oxidation sites excluding steroid dienone is 4. The molecule has 1 aliphatic rings. The molecule has 0 radical (unpaired) electrons. The Labute approximate surface area is 273 Å². The van der Waals surface area contributed by atoms with Crippen LogP contribution in [-0.2, 0) is 0 Å². The summed E-state index contributed by atoms with van der Waals surface area (Å²) in [5.41, 5.74) is 0.611. The zero-order chi connectivity index (χ0) is 31.1. The molecule has 0 aliphatic carbocycles. The van der Waals surface area contributed by atoms with Gasteiger partial charge >= 0.3 is 0 Å². The molecule has 1 saturated heterocycles. The lowest BCUT2D eigenvalue weighted by Gasteiger charge is -2.36. The van der Waals surface area contributed by atoms with E-state index in [1.807, 2.05) is 0 Å². The summed E-state index contributed by atoms with van der Waals surface area (Å²) < 4.78 is 0. The molecule has 1 aliphatic heterocycles. The van der Waals surface area contributed by atoms with Crippen molar-refractivity contribution >= 4 is 0 Å². The summed E-state index contributed by atoms with van der Waals surface area (Å²) in [7, 11) is 2.37. The van der Waals surface area contributed by atoms with E-state index in [1.165, 1.54) is 206 Å². The van der Waals surface area contributed by atoms with Crippen molar-refractivity contribution in [2.75, 3.05) is 13.6 Å². The molecular weight excluding hydrogens is 518 g/mol. The number of likely N-dealkylation sites (tertiary alicyclic amines) is 1. The van der Waals surface area contributed by atoms with Gasteiger partial charge in [-0.1, -0.05) is 167 Å². The van der Waals surface area contributed by atoms with Crippen molar-refractivity contribution in [2.24, 2.45) is 5.41 Å². The molecule has 254 valence electrons. The highest BCUT2D eigenvalue weighted by molar-refractivity contribution is 4.95. The predicted molar refractivity (Wildman–Crippen MR) is 197 cm³/mol. The first-order valence-electron chi connectivity index (χ1n) is 20.2. The van der Waals surface area contributed by atoms with E-state index in [0.717, 1.165) is 6.04 Å². The summed E-state index contributed by atoms with van der Waals surface area (Å²) in [4.78, 5) is 2.66. The molecule has 1 rings (SSSR count). The largest absolute Gasteiger partial charge is 0.303 e. The maximum atomic E-state index is 2.66. The number of hydrogen-bond acceptors (Lipinski definition) is 1. The summed E-state index contributed by atoms with van der Waals surface area (Å²) in [5, 5.41) is 0. The van der Waals surface area contributed by atoms with Gasteiger partial charge in [-0.05, 0) is 96.6 Å². The maximum Gasteiger partial charge on any atom is 0.0121 e. The molecule has 1 heterocycles. The van der Waals surface area contributed by atoms with Crippen LogP contribution in [-0.4, -0.2) is 24.5 Å². The maximum absolute atomic E-state index is 2.66. The van der Waals surface area contributed by atoms with Crippen molar-refractivity contribution in [3.63, 3.8) is 0 Å². The van der Waals surface area contributed by atoms with Crippen molar-refractivity contribution in [2.45, 2.75) is 226 Å². The Morgan fingerprint density at radius 2 is 0.767 bits per heavy atom. The van der Waals surface area contributed by atoms with Crippen LogP contribution in [0.15, 0.2) is 24.3 Å². The van der Waals surface area contributed by atoms with Gasteiger partial charge in [-0.15, -0.1) is 0 Å². The van der Waals surface area contributed by atoms with E-state index in [9.17, 15) is 0 Å². The summed E-state index contributed by atoms with van der Waals surface area (Å²) >= 11 is 0. The Balaban J connectivity index is 2.01. The van der Waals surface area contributed by atoms with Gasteiger partial charge < -0.3 is 4.90 Å². The van der Waals surface area contributed by atoms with Crippen LogP contribution >= 0.6 is 0 Å². The first-order valence-corrected chi connectivity index (χ1v) is 20.2. The predicted octanol–water partition coefficient (Wildman–Crippen LogP) is 14.6. The highest BCUT2D eigenvalue weighted by Crippen LogP contribution is 2.45. The van der Waals surface area contributed by atoms with E-state index < -0.39 is 0 Å². The van der Waals surface area contributed by atoms with E-state index in [2.05, 4.69) is 57.0 Å². The molecule has 2 unspecified atom stereocenters. The molecule has 0 aromatic carbocycles. The standard InChI is InChI=1S/C42H81N/c1-5-7-9-11-13-15-17-19-21-23-25-27-29-31-33-35-37-42(39-40-43(4)41(42)3)38-36-34-32-30-28-26-24-22-20-18-16-14-12-10-8-6-2/h13,15,20,22,41H,5-12,14,16-19,21,23-40H2,1-4H3/b15-13-,22-20-. The monoisotopic (exact) mass is 600 g/mol. The number of nitrogens with zero attached hydrogens (tertiary/aromatic N) is 1. The molecule has 0 N–H and O–H groups in total. The highest BCUT2D eigenvalue weighted by Gasteiger charge is 2.41. The number of unbranched alkanes of at least 4 members (excludes halogenated alkanes) is 24. The topological polar surface area (TPSA) is 3.24 Å². The van der Waals surface area contributed by atoms with E-state index in [0.29, 0.717) is 5.41 Å². The van der Waals surface area contributed by atoms with Crippen molar-refractivity contribution < 1.29 is 0 Å². The van der Waals surface area contributed by atoms with Crippen LogP contribution < -0.4 is 0 Å². The molecule has 0 saturated carbocycles. The quantitative estimate of drug-likeness (QED) is 0.0549. The van der Waals surface area contributed by atoms with Gasteiger partial charge in [0.2, 0.25) is 0 Å². The molecule has 1 heteroatoms. The van der Waals surface area contributed by atoms with Crippen LogP contribution in [0.1, 0.15) is 220 Å². The smallest absolute Gasteiger partial charge is 0.0121 e. The van der Waals surface area contributed by atoms with Crippen LogP contribution in [0.4, 0.5) is 0 Å². The lowest BCUT2D eigenvalue weighted by atomic mass is 9.72. The Bertz CT molecular complexity index is 620. The Hall–Kier alpha value is -0.560. The highest BCUT2D eigenvalue weighted by atomic mass is 15.2. The first kappa shape index (κ1) is 40.5. The fourth-order valence-corrected chi connectivity index (χ4v) is 7.51. The zero-order valence-corrected chi connectivity index (χ0v) is 30.5. The molecule has 2 atom stereocenters. The van der Waals surface area contributed by atoms with E-state index >= 15 is 0 Å². The third-order valence-electron chi connectivity index (χ3n) is 10.9. The summed E-state index contributed by atoms with van der Waals surface area (Å²) in [5.74, 6) is 0. The molecule has 43 heavy (non-hydrogen) atoms. The Morgan fingerprint density at radius 1 is 0.465 bits per heavy atom. The van der Waals surface area contributed by atoms with E-state index in [4.69, 9.17) is 0 Å². The molecule has 0 spiro atoms. The minimum Gasteiger partial charge on any atom is -0.303 e. The number of rotatable bonds is 32. The lowest BCUT2D eigenvalue weighted by Crippen LogP contribution is -2.35. The molecule has 1 nitrogen and oxygen atoms in total. The van der Waals surface area contributed by atoms with Gasteiger partial charge in [0.1, 0.15) is 0 Å². The minimum atomic E-state index is 0.611. The van der Waals surface area contributed by atoms with Gasteiger partial charge in [0.25, 0.3) is 0 Å². The summed E-state index contributed by atoms with van der Waals surface area (Å²) in [6, 6.07) is 0.779. The normalized spacial score (nSPS) is 19.5. The van der Waals surface area contributed by atoms with Gasteiger partial charge in [0, 0.05) is 6.04 Å². The SMILES string of the molecule is CCCCC/C=C\CCCCCCCCCCCC1(CCCCCCCC/C=C\CCCCCCCC)CCN(C)C1C. The Morgan fingerprint density at radius 3 is 1.12 bits per heavy atom. The van der Waals surface area contributed by atoms with Gasteiger partial charge in [-0.3, -0.25) is 0 Å². The van der Waals surface area contributed by atoms with Crippen molar-refractivity contribution in [1.29, 1.82) is 0 Å². The fraction of sp³-hybridized carbons (Fsp3) is 0.905. The minimum absolute atomic E-state index is 0.611. The second-order valence-corrected chi connectivity index (χ2v) is 14.6. The second-order valence-electron chi connectivity index (χ2n) is 14.6. The fourth-order valence-electron chi connectivity index (χ4n) is 7.51. The summed E-state index contributed by atoms with van der Waals surface area (Å²) in [6.45, 7) is 8.45. The average molecular weight is 600 g/mol. The van der Waals surface area contributed by atoms with Crippen LogP contribution in [0.25, 0.3) is 0 Å². The zero-order valence-electron chi connectivity index (χ0n) is 30.5. The molecule has 0 aromatic rings. The molecular formula is C42H81N.